The molecule has 6 rings (SSSR count). The summed E-state index contributed by atoms with van der Waals surface area (Å²) in [5, 5.41) is 28.2. The number of carboxylic acid groups (broad SMARTS) is 1. The second kappa shape index (κ2) is 10.9. The third-order valence-corrected chi connectivity index (χ3v) is 8.01. The standard InChI is InChI=1S/C29H30FN7O5/c30-21-14-19-23(37(17-6-7-17)16-20(26(19)38)28(40)41)15-24(21)35-12-10-34(11-13-35)8-3-9-36-22-5-2-1-4-18(22)25(27(36)39)32-33-29(31)42/h1-2,4-5,14-17,39H,3,6-13H2,(H2,31,42)(H,40,41). The Hall–Kier alpha value is -4.78. The minimum absolute atomic E-state index is 0.0849. The molecule has 3 heterocycles. The first-order valence-electron chi connectivity index (χ1n) is 13.8. The van der Waals surface area contributed by atoms with E-state index in [4.69, 9.17) is 5.73 Å². The normalized spacial score (nSPS) is 16.2. The fraction of sp³-hybridized carbons (Fsp3) is 0.345. The van der Waals surface area contributed by atoms with E-state index < -0.39 is 23.2 Å². The molecule has 2 aromatic carbocycles. The van der Waals surface area contributed by atoms with Crippen molar-refractivity contribution in [1.82, 2.24) is 14.0 Å². The maximum atomic E-state index is 15.3. The predicted molar refractivity (Wildman–Crippen MR) is 154 cm³/mol. The number of carbonyl (C=O) groups is 2. The van der Waals surface area contributed by atoms with E-state index in [9.17, 15) is 24.6 Å². The Labute approximate surface area is 239 Å². The number of nitrogens with two attached hydrogens (primary N) is 1. The number of benzene rings is 2. The van der Waals surface area contributed by atoms with Gasteiger partial charge in [0.05, 0.1) is 16.7 Å². The van der Waals surface area contributed by atoms with Crippen LogP contribution in [0.5, 0.6) is 5.88 Å². The van der Waals surface area contributed by atoms with Crippen molar-refractivity contribution in [1.29, 1.82) is 0 Å². The highest BCUT2D eigenvalue weighted by Crippen LogP contribution is 2.39. The fourth-order valence-electron chi connectivity index (χ4n) is 5.77. The number of pyridine rings is 1. The molecule has 4 aromatic rings. The molecule has 2 aromatic heterocycles. The number of primary amides is 1. The maximum Gasteiger partial charge on any atom is 0.356 e. The highest BCUT2D eigenvalue weighted by molar-refractivity contribution is 5.95. The Morgan fingerprint density at radius 1 is 1.02 bits per heavy atom. The van der Waals surface area contributed by atoms with Crippen molar-refractivity contribution in [2.24, 2.45) is 16.0 Å². The molecule has 1 saturated heterocycles. The monoisotopic (exact) mass is 575 g/mol. The van der Waals surface area contributed by atoms with Crippen LogP contribution < -0.4 is 16.1 Å². The smallest absolute Gasteiger partial charge is 0.356 e. The topological polar surface area (TPSA) is 159 Å². The molecule has 1 aliphatic carbocycles. The van der Waals surface area contributed by atoms with Gasteiger partial charge in [-0.15, -0.1) is 5.11 Å². The third-order valence-electron chi connectivity index (χ3n) is 8.01. The number of anilines is 1. The summed E-state index contributed by atoms with van der Waals surface area (Å²) in [6.07, 6.45) is 3.89. The number of amides is 2. The molecular weight excluding hydrogens is 545 g/mol. The van der Waals surface area contributed by atoms with Crippen LogP contribution in [0.15, 0.2) is 57.6 Å². The summed E-state index contributed by atoms with van der Waals surface area (Å²) in [5.74, 6) is -1.94. The van der Waals surface area contributed by atoms with Crippen molar-refractivity contribution in [3.8, 4) is 5.88 Å². The van der Waals surface area contributed by atoms with Crippen LogP contribution in [-0.4, -0.2) is 69.0 Å². The molecule has 2 fully saturated rings. The number of piperazine rings is 1. The molecule has 0 spiro atoms. The number of hydrogen-bond acceptors (Lipinski definition) is 7. The van der Waals surface area contributed by atoms with Crippen LogP contribution in [0.2, 0.25) is 0 Å². The number of rotatable bonds is 8. The van der Waals surface area contributed by atoms with E-state index in [1.165, 1.54) is 12.3 Å². The van der Waals surface area contributed by atoms with Gasteiger partial charge in [-0.2, -0.15) is 0 Å². The SMILES string of the molecule is NC(=O)N=Nc1c(O)n(CCCN2CCN(c3cc4c(cc3F)c(=O)c(C(=O)O)cn4C3CC3)CC2)c2ccccc12. The second-order valence-electron chi connectivity index (χ2n) is 10.7. The maximum absolute atomic E-state index is 15.3. The molecule has 4 N–H and O–H groups in total. The summed E-state index contributed by atoms with van der Waals surface area (Å²) in [4.78, 5) is 39.7. The number of azo groups is 1. The van der Waals surface area contributed by atoms with Crippen molar-refractivity contribution in [3.63, 3.8) is 0 Å². The summed E-state index contributed by atoms with van der Waals surface area (Å²) >= 11 is 0. The predicted octanol–water partition coefficient (Wildman–Crippen LogP) is 4.21. The van der Waals surface area contributed by atoms with E-state index in [-0.39, 0.29) is 28.6 Å². The van der Waals surface area contributed by atoms with Crippen molar-refractivity contribution in [2.45, 2.75) is 31.8 Å². The largest absolute Gasteiger partial charge is 0.493 e. The number of urea groups is 1. The van der Waals surface area contributed by atoms with E-state index in [1.807, 2.05) is 23.1 Å². The molecule has 218 valence electrons. The minimum atomic E-state index is -1.31. The van der Waals surface area contributed by atoms with Gasteiger partial charge in [0.1, 0.15) is 11.4 Å². The average molecular weight is 576 g/mol. The minimum Gasteiger partial charge on any atom is -0.493 e. The van der Waals surface area contributed by atoms with Gasteiger partial charge in [0.15, 0.2) is 5.69 Å². The first kappa shape index (κ1) is 27.4. The van der Waals surface area contributed by atoms with Crippen molar-refractivity contribution >= 4 is 45.2 Å². The van der Waals surface area contributed by atoms with Gasteiger partial charge in [-0.05, 0) is 44.0 Å². The van der Waals surface area contributed by atoms with Gasteiger partial charge in [-0.1, -0.05) is 23.3 Å². The lowest BCUT2D eigenvalue weighted by molar-refractivity contribution is 0.0694. The number of nitrogens with zero attached hydrogens (tertiary/aromatic N) is 6. The number of carboxylic acids is 1. The molecule has 0 bridgehead atoms. The Balaban J connectivity index is 1.14. The lowest BCUT2D eigenvalue weighted by Crippen LogP contribution is -2.47. The summed E-state index contributed by atoms with van der Waals surface area (Å²) in [6, 6.07) is 9.34. The van der Waals surface area contributed by atoms with Gasteiger partial charge in [0.25, 0.3) is 0 Å². The van der Waals surface area contributed by atoms with Gasteiger partial charge in [0, 0.05) is 55.7 Å². The Kier molecular flexibility index (Phi) is 7.11. The molecular formula is C29H30FN7O5. The highest BCUT2D eigenvalue weighted by atomic mass is 19.1. The molecule has 12 nitrogen and oxygen atoms in total. The van der Waals surface area contributed by atoms with E-state index in [1.54, 1.807) is 21.3 Å². The molecule has 0 unspecified atom stereocenters. The highest BCUT2D eigenvalue weighted by Gasteiger charge is 2.28. The Morgan fingerprint density at radius 2 is 1.76 bits per heavy atom. The van der Waals surface area contributed by atoms with Gasteiger partial charge in [-0.3, -0.25) is 9.69 Å². The fourth-order valence-corrected chi connectivity index (χ4v) is 5.77. The molecule has 2 aliphatic rings. The van der Waals surface area contributed by atoms with Crippen LogP contribution >= 0.6 is 0 Å². The lowest BCUT2D eigenvalue weighted by Gasteiger charge is -2.36. The quantitative estimate of drug-likeness (QED) is 0.266. The number of fused-ring (bicyclic) bond motifs is 2. The zero-order valence-corrected chi connectivity index (χ0v) is 22.7. The Morgan fingerprint density at radius 3 is 2.45 bits per heavy atom. The molecule has 13 heteroatoms. The van der Waals surface area contributed by atoms with Gasteiger partial charge in [-0.25, -0.2) is 14.0 Å². The summed E-state index contributed by atoms with van der Waals surface area (Å²) in [5.41, 5.74) is 5.98. The summed E-state index contributed by atoms with van der Waals surface area (Å²) in [7, 11) is 0. The van der Waals surface area contributed by atoms with Crippen molar-refractivity contribution in [2.75, 3.05) is 37.6 Å². The van der Waals surface area contributed by atoms with Crippen LogP contribution in [0.1, 0.15) is 35.7 Å². The van der Waals surface area contributed by atoms with Crippen molar-refractivity contribution < 1.29 is 24.2 Å². The molecule has 2 amide bonds. The summed E-state index contributed by atoms with van der Waals surface area (Å²) in [6.45, 7) is 3.81. The molecule has 1 aliphatic heterocycles. The molecule has 0 radical (unpaired) electrons. The number of aryl methyl sites for hydroxylation is 1. The van der Waals surface area contributed by atoms with E-state index in [0.717, 1.165) is 31.3 Å². The number of halogens is 1. The van der Waals surface area contributed by atoms with Gasteiger partial charge < -0.3 is 30.0 Å². The molecule has 0 atom stereocenters. The van der Waals surface area contributed by atoms with Crippen LogP contribution in [-0.2, 0) is 6.54 Å². The van der Waals surface area contributed by atoms with Gasteiger partial charge >= 0.3 is 12.0 Å². The number of para-hydroxylation sites is 1. The summed E-state index contributed by atoms with van der Waals surface area (Å²) < 4.78 is 18.8. The van der Waals surface area contributed by atoms with Crippen LogP contribution in [0, 0.1) is 5.82 Å². The number of aromatic hydroxyl groups is 1. The van der Waals surface area contributed by atoms with Crippen LogP contribution in [0.25, 0.3) is 21.8 Å². The van der Waals surface area contributed by atoms with Gasteiger partial charge in [0.2, 0.25) is 11.3 Å². The zero-order valence-electron chi connectivity index (χ0n) is 22.7. The number of carbonyl (C=O) groups excluding carboxylic acids is 1. The molecule has 42 heavy (non-hydrogen) atoms. The zero-order chi connectivity index (χ0) is 29.5. The first-order chi connectivity index (χ1) is 20.2. The van der Waals surface area contributed by atoms with E-state index in [2.05, 4.69) is 15.1 Å². The number of hydrogen-bond donors (Lipinski definition) is 3. The molecule has 1 saturated carbocycles. The van der Waals surface area contributed by atoms with Crippen molar-refractivity contribution in [3.05, 3.63) is 64.2 Å². The lowest BCUT2D eigenvalue weighted by atomic mass is 10.1. The van der Waals surface area contributed by atoms with E-state index >= 15 is 4.39 Å². The Bertz CT molecular complexity index is 1800. The van der Waals surface area contributed by atoms with Crippen LogP contribution in [0.3, 0.4) is 0 Å². The second-order valence-corrected chi connectivity index (χ2v) is 10.7. The average Bonchev–Trinajstić information content (AvgIpc) is 3.78. The number of aromatic nitrogens is 2. The number of aromatic carboxylic acids is 1. The van der Waals surface area contributed by atoms with E-state index in [0.29, 0.717) is 49.3 Å². The van der Waals surface area contributed by atoms with Crippen LogP contribution in [0.4, 0.5) is 20.6 Å². The first-order valence-corrected chi connectivity index (χ1v) is 13.8. The third kappa shape index (κ3) is 5.07.